The van der Waals surface area contributed by atoms with Crippen molar-refractivity contribution in [2.75, 3.05) is 6.61 Å². The van der Waals surface area contributed by atoms with Gasteiger partial charge in [0.1, 0.15) is 0 Å². The number of ether oxygens (including phenoxy) is 1. The molecule has 0 bridgehead atoms. The molecule has 2 atom stereocenters. The van der Waals surface area contributed by atoms with E-state index in [0.717, 1.165) is 16.9 Å². The molecule has 0 saturated heterocycles. The number of hydrogen-bond donors (Lipinski definition) is 0. The Morgan fingerprint density at radius 1 is 1.04 bits per heavy atom. The Labute approximate surface area is 157 Å². The Morgan fingerprint density at radius 3 is 2.15 bits per heavy atom. The number of esters is 1. The van der Waals surface area contributed by atoms with E-state index in [-0.39, 0.29) is 12.5 Å². The van der Waals surface area contributed by atoms with E-state index in [1.165, 1.54) is 5.56 Å². The molecule has 0 aromatic heterocycles. The summed E-state index contributed by atoms with van der Waals surface area (Å²) in [7, 11) is 0. The fourth-order valence-corrected chi connectivity index (χ4v) is 4.00. The average molecular weight is 363 g/mol. The van der Waals surface area contributed by atoms with E-state index in [9.17, 15) is 14.4 Å². The van der Waals surface area contributed by atoms with Crippen LogP contribution in [0, 0.1) is 0 Å². The molecule has 2 aromatic rings. The van der Waals surface area contributed by atoms with Gasteiger partial charge in [0.25, 0.3) is 11.8 Å². The van der Waals surface area contributed by atoms with Crippen LogP contribution in [0.15, 0.2) is 48.5 Å². The van der Waals surface area contributed by atoms with Crippen molar-refractivity contribution in [3.8, 4) is 0 Å². The molecule has 2 aromatic carbocycles. The predicted molar refractivity (Wildman–Crippen MR) is 99.5 cm³/mol. The topological polar surface area (TPSA) is 63.7 Å². The molecule has 138 valence electrons. The molecule has 1 saturated carbocycles. The Hall–Kier alpha value is -2.95. The quantitative estimate of drug-likeness (QED) is 0.604. The van der Waals surface area contributed by atoms with Crippen LogP contribution in [0.4, 0.5) is 0 Å². The highest BCUT2D eigenvalue weighted by Crippen LogP contribution is 2.58. The minimum absolute atomic E-state index is 0.200. The fourth-order valence-electron chi connectivity index (χ4n) is 4.00. The third-order valence-corrected chi connectivity index (χ3v) is 5.54. The van der Waals surface area contributed by atoms with E-state index >= 15 is 0 Å². The summed E-state index contributed by atoms with van der Waals surface area (Å²) in [6, 6.07) is 14.7. The molecule has 27 heavy (non-hydrogen) atoms. The van der Waals surface area contributed by atoms with E-state index in [4.69, 9.17) is 4.74 Å². The summed E-state index contributed by atoms with van der Waals surface area (Å²) >= 11 is 0. The maximum Gasteiger partial charge on any atom is 0.333 e. The lowest BCUT2D eigenvalue weighted by Gasteiger charge is -2.25. The normalized spacial score (nSPS) is 23.3. The summed E-state index contributed by atoms with van der Waals surface area (Å²) in [4.78, 5) is 40.0. The number of amides is 2. The molecule has 1 aliphatic heterocycles. The molecule has 0 radical (unpaired) electrons. The van der Waals surface area contributed by atoms with Gasteiger partial charge in [0.2, 0.25) is 0 Å². The zero-order chi connectivity index (χ0) is 19.2. The van der Waals surface area contributed by atoms with E-state index in [0.29, 0.717) is 17.5 Å². The number of fused-ring (bicyclic) bond motifs is 1. The number of hydrogen-bond acceptors (Lipinski definition) is 4. The van der Waals surface area contributed by atoms with Crippen molar-refractivity contribution >= 4 is 17.8 Å². The Balaban J connectivity index is 1.75. The van der Waals surface area contributed by atoms with Crippen molar-refractivity contribution in [3.63, 3.8) is 0 Å². The van der Waals surface area contributed by atoms with Gasteiger partial charge in [-0.05, 0) is 43.0 Å². The Kier molecular flexibility index (Phi) is 4.10. The summed E-state index contributed by atoms with van der Waals surface area (Å²) in [6.07, 6.45) is 1.31. The zero-order valence-electron chi connectivity index (χ0n) is 15.4. The molecule has 4 rings (SSSR count). The first kappa shape index (κ1) is 17.5. The largest absolute Gasteiger partial charge is 0.464 e. The number of aryl methyl sites for hydroxylation is 1. The Bertz CT molecular complexity index is 899. The van der Waals surface area contributed by atoms with Gasteiger partial charge >= 0.3 is 5.97 Å². The summed E-state index contributed by atoms with van der Waals surface area (Å²) in [5, 5.41) is 0. The number of nitrogens with zero attached hydrogens (tertiary/aromatic N) is 1. The van der Waals surface area contributed by atoms with Gasteiger partial charge in [0, 0.05) is 5.92 Å². The molecule has 2 amide bonds. The predicted octanol–water partition coefficient (Wildman–Crippen LogP) is 3.33. The number of carbonyl (C=O) groups excluding carboxylic acids is 3. The van der Waals surface area contributed by atoms with Crippen LogP contribution in [-0.4, -0.2) is 34.8 Å². The molecule has 2 aliphatic rings. The van der Waals surface area contributed by atoms with Crippen molar-refractivity contribution < 1.29 is 19.1 Å². The van der Waals surface area contributed by atoms with Crippen LogP contribution >= 0.6 is 0 Å². The molecule has 1 heterocycles. The second-order valence-electron chi connectivity index (χ2n) is 6.99. The van der Waals surface area contributed by atoms with Crippen molar-refractivity contribution in [1.82, 2.24) is 4.90 Å². The van der Waals surface area contributed by atoms with Crippen LogP contribution in [0.2, 0.25) is 0 Å². The van der Waals surface area contributed by atoms with Crippen molar-refractivity contribution in [2.24, 2.45) is 0 Å². The molecule has 0 spiro atoms. The first-order valence-electron chi connectivity index (χ1n) is 9.28. The minimum atomic E-state index is -1.25. The first-order chi connectivity index (χ1) is 13.0. The van der Waals surface area contributed by atoms with Crippen molar-refractivity contribution in [1.29, 1.82) is 0 Å². The summed E-state index contributed by atoms with van der Waals surface area (Å²) in [6.45, 7) is 4.00. The van der Waals surface area contributed by atoms with Gasteiger partial charge in [-0.25, -0.2) is 4.79 Å². The smallest absolute Gasteiger partial charge is 0.333 e. The van der Waals surface area contributed by atoms with Gasteiger partial charge in [-0.3, -0.25) is 14.5 Å². The van der Waals surface area contributed by atoms with E-state index < -0.39 is 23.3 Å². The molecule has 2 unspecified atom stereocenters. The van der Waals surface area contributed by atoms with Gasteiger partial charge in [-0.15, -0.1) is 0 Å². The fraction of sp³-hybridized carbons (Fsp3) is 0.318. The second-order valence-corrected chi connectivity index (χ2v) is 6.99. The number of benzene rings is 2. The number of carbonyl (C=O) groups is 3. The minimum Gasteiger partial charge on any atom is -0.464 e. The molecular weight excluding hydrogens is 342 g/mol. The molecule has 1 fully saturated rings. The molecule has 1 aliphatic carbocycles. The van der Waals surface area contributed by atoms with E-state index in [1.54, 1.807) is 31.2 Å². The van der Waals surface area contributed by atoms with E-state index in [1.807, 2.05) is 24.3 Å². The Morgan fingerprint density at radius 2 is 1.63 bits per heavy atom. The first-order valence-corrected chi connectivity index (χ1v) is 9.28. The molecule has 5 heteroatoms. The van der Waals surface area contributed by atoms with Crippen molar-refractivity contribution in [2.45, 2.75) is 38.1 Å². The lowest BCUT2D eigenvalue weighted by molar-refractivity contribution is -0.149. The van der Waals surface area contributed by atoms with Gasteiger partial charge in [-0.1, -0.05) is 43.3 Å². The second kappa shape index (κ2) is 6.34. The van der Waals surface area contributed by atoms with Crippen LogP contribution in [0.25, 0.3) is 0 Å². The standard InChI is InChI=1S/C22H21NO4/c1-3-14-9-11-15(12-10-14)18-13-22(18,21(26)27-4-2)23-19(24)16-7-5-6-8-17(16)20(23)25/h5-12,18H,3-4,13H2,1-2H3. The highest BCUT2D eigenvalue weighted by atomic mass is 16.5. The number of rotatable bonds is 5. The lowest BCUT2D eigenvalue weighted by atomic mass is 10.0. The third kappa shape index (κ3) is 2.49. The van der Waals surface area contributed by atoms with Crippen molar-refractivity contribution in [3.05, 3.63) is 70.8 Å². The van der Waals surface area contributed by atoms with Crippen LogP contribution in [0.5, 0.6) is 0 Å². The van der Waals surface area contributed by atoms with Gasteiger partial charge in [-0.2, -0.15) is 0 Å². The van der Waals surface area contributed by atoms with Gasteiger partial charge < -0.3 is 4.74 Å². The maximum absolute atomic E-state index is 13.0. The molecular formula is C22H21NO4. The SMILES string of the molecule is CCOC(=O)C1(N2C(=O)c3ccccc3C2=O)CC1c1ccc(CC)cc1. The number of imide groups is 1. The zero-order valence-corrected chi connectivity index (χ0v) is 15.4. The van der Waals surface area contributed by atoms with Crippen LogP contribution in [0.1, 0.15) is 58.0 Å². The molecule has 5 nitrogen and oxygen atoms in total. The summed E-state index contributed by atoms with van der Waals surface area (Å²) in [5.41, 5.74) is 1.58. The van der Waals surface area contributed by atoms with Crippen LogP contribution < -0.4 is 0 Å². The summed E-state index contributed by atoms with van der Waals surface area (Å²) < 4.78 is 5.29. The highest BCUT2D eigenvalue weighted by molar-refractivity contribution is 6.24. The van der Waals surface area contributed by atoms with E-state index in [2.05, 4.69) is 6.92 Å². The summed E-state index contributed by atoms with van der Waals surface area (Å²) in [5.74, 6) is -1.60. The lowest BCUT2D eigenvalue weighted by Crippen LogP contribution is -2.49. The monoisotopic (exact) mass is 363 g/mol. The highest BCUT2D eigenvalue weighted by Gasteiger charge is 2.70. The van der Waals surface area contributed by atoms with Crippen LogP contribution in [0.3, 0.4) is 0 Å². The van der Waals surface area contributed by atoms with Gasteiger partial charge in [0.15, 0.2) is 5.54 Å². The van der Waals surface area contributed by atoms with Crippen LogP contribution in [-0.2, 0) is 16.0 Å². The maximum atomic E-state index is 13.0. The third-order valence-electron chi connectivity index (χ3n) is 5.54. The molecule has 0 N–H and O–H groups in total. The average Bonchev–Trinajstić information content (AvgIpc) is 3.39. The van der Waals surface area contributed by atoms with Gasteiger partial charge in [0.05, 0.1) is 17.7 Å².